The molecule has 0 atom stereocenters. The highest BCUT2D eigenvalue weighted by atomic mass is 35.5. The zero-order valence-corrected chi connectivity index (χ0v) is 24.9. The number of hydrogen-bond donors (Lipinski definition) is 2. The Hall–Kier alpha value is -4.66. The number of hydrogen-bond acceptors (Lipinski definition) is 4. The van der Waals surface area contributed by atoms with E-state index in [-0.39, 0.29) is 24.0 Å². The van der Waals surface area contributed by atoms with E-state index in [0.717, 1.165) is 38.6 Å². The van der Waals surface area contributed by atoms with Gasteiger partial charge in [-0.05, 0) is 46.7 Å². The number of fused-ring (bicyclic) bond motifs is 3. The van der Waals surface area contributed by atoms with Gasteiger partial charge in [-0.2, -0.15) is 0 Å². The van der Waals surface area contributed by atoms with Crippen molar-refractivity contribution in [2.45, 2.75) is 12.8 Å². The molecule has 0 unspecified atom stereocenters. The molecule has 7 nitrogen and oxygen atoms in total. The van der Waals surface area contributed by atoms with Gasteiger partial charge in [-0.15, -0.1) is 0 Å². The molecule has 0 saturated carbocycles. The molecule has 0 saturated heterocycles. The zero-order chi connectivity index (χ0) is 30.1. The van der Waals surface area contributed by atoms with Crippen molar-refractivity contribution in [1.82, 2.24) is 0 Å². The smallest absolute Gasteiger partial charge is 0.235 e. The first-order valence-electron chi connectivity index (χ1n) is 13.8. The number of para-hydroxylation sites is 1. The van der Waals surface area contributed by atoms with E-state index in [1.54, 1.807) is 19.2 Å². The van der Waals surface area contributed by atoms with Gasteiger partial charge in [0.25, 0.3) is 0 Å². The Morgan fingerprint density at radius 2 is 1.35 bits per heavy atom. The van der Waals surface area contributed by atoms with Gasteiger partial charge >= 0.3 is 0 Å². The van der Waals surface area contributed by atoms with Crippen molar-refractivity contribution in [3.63, 3.8) is 0 Å². The van der Waals surface area contributed by atoms with E-state index >= 15 is 0 Å². The largest absolute Gasteiger partial charge is 0.323 e. The third-order valence-corrected chi connectivity index (χ3v) is 9.77. The molecule has 6 rings (SSSR count). The molecule has 9 heteroatoms. The number of sulfonamides is 1. The standard InChI is InChI=1S/C34H28ClN3O4S/c1-38(43(41,42)19-18-24-8-3-6-12-29(24)35)30-13-7-5-10-26(30)22-14-16-23(17-15-22)28-20-25-9-2-4-11-27(25)33-34(28)37-32(40)21-31(39)36-33/h2-17,20H,18-19,21H2,1H3,(H,36,39)(H,37,40). The molecule has 1 aliphatic heterocycles. The Morgan fingerprint density at radius 3 is 2.09 bits per heavy atom. The molecule has 2 N–H and O–H groups in total. The molecule has 5 aromatic rings. The highest BCUT2D eigenvalue weighted by Crippen LogP contribution is 2.42. The second kappa shape index (κ2) is 11.6. The van der Waals surface area contributed by atoms with Crippen LogP contribution in [0.15, 0.2) is 103 Å². The molecule has 1 heterocycles. The Bertz CT molecular complexity index is 1990. The van der Waals surface area contributed by atoms with E-state index in [4.69, 9.17) is 11.6 Å². The normalized spacial score (nSPS) is 13.2. The molecular weight excluding hydrogens is 582 g/mol. The van der Waals surface area contributed by atoms with Crippen LogP contribution in [0.4, 0.5) is 17.1 Å². The third-order valence-electron chi connectivity index (χ3n) is 7.65. The number of nitrogens with zero attached hydrogens (tertiary/aromatic N) is 1. The van der Waals surface area contributed by atoms with Crippen LogP contribution < -0.4 is 14.9 Å². The molecule has 0 bridgehead atoms. The number of carbonyl (C=O) groups excluding carboxylic acids is 2. The predicted molar refractivity (Wildman–Crippen MR) is 174 cm³/mol. The van der Waals surface area contributed by atoms with Crippen LogP contribution in [-0.2, 0) is 26.0 Å². The Kier molecular flexibility index (Phi) is 7.64. The second-order valence-electron chi connectivity index (χ2n) is 10.4. The summed E-state index contributed by atoms with van der Waals surface area (Å²) in [6.45, 7) is 0. The van der Waals surface area contributed by atoms with Crippen molar-refractivity contribution in [3.8, 4) is 22.3 Å². The van der Waals surface area contributed by atoms with Crippen molar-refractivity contribution in [2.24, 2.45) is 0 Å². The van der Waals surface area contributed by atoms with Gasteiger partial charge in [0, 0.05) is 28.6 Å². The summed E-state index contributed by atoms with van der Waals surface area (Å²) in [6.07, 6.45) is 0.0449. The quantitative estimate of drug-likeness (QED) is 0.192. The summed E-state index contributed by atoms with van der Waals surface area (Å²) in [7, 11) is -2.09. The topological polar surface area (TPSA) is 95.6 Å². The Labute approximate surface area is 255 Å². The highest BCUT2D eigenvalue weighted by Gasteiger charge is 2.25. The van der Waals surface area contributed by atoms with Crippen molar-refractivity contribution in [2.75, 3.05) is 27.7 Å². The second-order valence-corrected chi connectivity index (χ2v) is 12.9. The van der Waals surface area contributed by atoms with Crippen LogP contribution in [0.3, 0.4) is 0 Å². The molecule has 0 aromatic heterocycles. The van der Waals surface area contributed by atoms with Crippen LogP contribution in [0.2, 0.25) is 5.02 Å². The van der Waals surface area contributed by atoms with E-state index in [1.807, 2.05) is 91.0 Å². The predicted octanol–water partition coefficient (Wildman–Crippen LogP) is 7.12. The fourth-order valence-electron chi connectivity index (χ4n) is 5.40. The van der Waals surface area contributed by atoms with Gasteiger partial charge in [-0.3, -0.25) is 13.9 Å². The van der Waals surface area contributed by atoms with E-state index in [0.29, 0.717) is 28.5 Å². The lowest BCUT2D eigenvalue weighted by Gasteiger charge is -2.23. The van der Waals surface area contributed by atoms with Gasteiger partial charge in [0.1, 0.15) is 6.42 Å². The van der Waals surface area contributed by atoms with Crippen LogP contribution in [-0.4, -0.2) is 33.0 Å². The highest BCUT2D eigenvalue weighted by molar-refractivity contribution is 7.92. The molecular formula is C34H28ClN3O4S. The van der Waals surface area contributed by atoms with Gasteiger partial charge in [0.05, 0.1) is 22.8 Å². The van der Waals surface area contributed by atoms with Gasteiger partial charge < -0.3 is 10.6 Å². The van der Waals surface area contributed by atoms with Crippen molar-refractivity contribution in [1.29, 1.82) is 0 Å². The maximum atomic E-state index is 13.4. The summed E-state index contributed by atoms with van der Waals surface area (Å²) >= 11 is 6.25. The summed E-state index contributed by atoms with van der Waals surface area (Å²) in [5.41, 5.74) is 5.65. The lowest BCUT2D eigenvalue weighted by molar-refractivity contribution is -0.123. The van der Waals surface area contributed by atoms with Crippen LogP contribution in [0.1, 0.15) is 12.0 Å². The molecule has 0 fully saturated rings. The number of rotatable bonds is 7. The van der Waals surface area contributed by atoms with Crippen LogP contribution in [0.25, 0.3) is 33.0 Å². The molecule has 216 valence electrons. The molecule has 1 aliphatic rings. The molecule has 0 radical (unpaired) electrons. The van der Waals surface area contributed by atoms with E-state index < -0.39 is 10.0 Å². The maximum absolute atomic E-state index is 13.4. The summed E-state index contributed by atoms with van der Waals surface area (Å²) in [6, 6.07) is 32.0. The summed E-state index contributed by atoms with van der Waals surface area (Å²) in [5.74, 6) is -0.830. The fraction of sp³-hybridized carbons (Fsp3) is 0.118. The van der Waals surface area contributed by atoms with Crippen LogP contribution in [0.5, 0.6) is 0 Å². The number of nitrogens with one attached hydrogen (secondary N) is 2. The first-order chi connectivity index (χ1) is 20.7. The van der Waals surface area contributed by atoms with Gasteiger partial charge in [0.2, 0.25) is 21.8 Å². The summed E-state index contributed by atoms with van der Waals surface area (Å²) in [4.78, 5) is 24.9. The fourth-order valence-corrected chi connectivity index (χ4v) is 6.84. The molecule has 2 amide bonds. The first kappa shape index (κ1) is 28.5. The van der Waals surface area contributed by atoms with Crippen molar-refractivity contribution >= 4 is 61.3 Å². The minimum Gasteiger partial charge on any atom is -0.323 e. The molecule has 0 aliphatic carbocycles. The average molecular weight is 610 g/mol. The number of carbonyl (C=O) groups is 2. The number of benzene rings is 5. The van der Waals surface area contributed by atoms with Gasteiger partial charge in [-0.1, -0.05) is 96.5 Å². The van der Waals surface area contributed by atoms with Crippen LogP contribution in [0, 0.1) is 0 Å². The summed E-state index contributed by atoms with van der Waals surface area (Å²) in [5, 5.41) is 8.13. The SMILES string of the molecule is CN(c1ccccc1-c1ccc(-c2cc3ccccc3c3c2NC(=O)CC(=O)N3)cc1)S(=O)(=O)CCc1ccccc1Cl. The minimum absolute atomic E-state index is 0.0875. The van der Waals surface area contributed by atoms with Crippen molar-refractivity contribution in [3.05, 3.63) is 114 Å². The van der Waals surface area contributed by atoms with E-state index in [9.17, 15) is 18.0 Å². The first-order valence-corrected chi connectivity index (χ1v) is 15.8. The monoisotopic (exact) mass is 609 g/mol. The van der Waals surface area contributed by atoms with E-state index in [1.165, 1.54) is 4.31 Å². The van der Waals surface area contributed by atoms with E-state index in [2.05, 4.69) is 10.6 Å². The lowest BCUT2D eigenvalue weighted by Crippen LogP contribution is -2.30. The number of anilines is 3. The molecule has 0 spiro atoms. The molecule has 43 heavy (non-hydrogen) atoms. The van der Waals surface area contributed by atoms with Crippen molar-refractivity contribution < 1.29 is 18.0 Å². The third kappa shape index (κ3) is 5.71. The lowest BCUT2D eigenvalue weighted by atomic mass is 9.95. The average Bonchev–Trinajstić information content (AvgIpc) is 3.17. The minimum atomic E-state index is -3.65. The maximum Gasteiger partial charge on any atom is 0.235 e. The summed E-state index contributed by atoms with van der Waals surface area (Å²) < 4.78 is 28.1. The Balaban J connectivity index is 1.34. The molecule has 5 aromatic carbocycles. The van der Waals surface area contributed by atoms with Gasteiger partial charge in [-0.25, -0.2) is 8.42 Å². The zero-order valence-electron chi connectivity index (χ0n) is 23.3. The van der Waals surface area contributed by atoms with Gasteiger partial charge in [0.15, 0.2) is 0 Å². The Morgan fingerprint density at radius 1 is 0.744 bits per heavy atom. The van der Waals surface area contributed by atoms with Crippen LogP contribution >= 0.6 is 11.6 Å². The number of aryl methyl sites for hydroxylation is 1. The number of amides is 2. The number of halogens is 1.